The summed E-state index contributed by atoms with van der Waals surface area (Å²) in [6, 6.07) is 4.34. The van der Waals surface area contributed by atoms with E-state index < -0.39 is 10.9 Å². The summed E-state index contributed by atoms with van der Waals surface area (Å²) >= 11 is 1.84. The first-order chi connectivity index (χ1) is 6.50. The van der Waals surface area contributed by atoms with E-state index in [9.17, 15) is 14.9 Å². The molecule has 0 atom stereocenters. The molecule has 5 nitrogen and oxygen atoms in total. The number of halogens is 1. The SMILES string of the molecule is O=C(O)c1ccc(C[N+](=O)[O-])cc1I. The van der Waals surface area contributed by atoms with Crippen LogP contribution >= 0.6 is 22.6 Å². The van der Waals surface area contributed by atoms with Gasteiger partial charge in [0.05, 0.1) is 5.56 Å². The maximum atomic E-state index is 10.6. The number of benzene rings is 1. The summed E-state index contributed by atoms with van der Waals surface area (Å²) in [5.74, 6) is -1.03. The van der Waals surface area contributed by atoms with Gasteiger partial charge in [-0.15, -0.1) is 0 Å². The zero-order chi connectivity index (χ0) is 10.7. The highest BCUT2D eigenvalue weighted by Crippen LogP contribution is 2.15. The molecule has 14 heavy (non-hydrogen) atoms. The third-order valence-corrected chi connectivity index (χ3v) is 2.47. The van der Waals surface area contributed by atoms with Crippen molar-refractivity contribution in [3.63, 3.8) is 0 Å². The van der Waals surface area contributed by atoms with E-state index in [0.29, 0.717) is 9.13 Å². The van der Waals surface area contributed by atoms with Crippen molar-refractivity contribution in [2.24, 2.45) is 0 Å². The molecule has 1 N–H and O–H groups in total. The predicted molar refractivity (Wildman–Crippen MR) is 56.8 cm³/mol. The summed E-state index contributed by atoms with van der Waals surface area (Å²) < 4.78 is 0.509. The highest BCUT2D eigenvalue weighted by atomic mass is 127. The van der Waals surface area contributed by atoms with E-state index >= 15 is 0 Å². The molecule has 0 saturated heterocycles. The summed E-state index contributed by atoms with van der Waals surface area (Å²) in [5, 5.41) is 18.9. The molecule has 74 valence electrons. The minimum Gasteiger partial charge on any atom is -0.478 e. The van der Waals surface area contributed by atoms with Crippen LogP contribution < -0.4 is 0 Å². The Labute approximate surface area is 93.0 Å². The first kappa shape index (κ1) is 10.9. The molecule has 6 heteroatoms. The lowest BCUT2D eigenvalue weighted by Crippen LogP contribution is -2.03. The zero-order valence-electron chi connectivity index (χ0n) is 6.94. The number of rotatable bonds is 3. The average molecular weight is 307 g/mol. The van der Waals surface area contributed by atoms with Crippen LogP contribution in [0, 0.1) is 13.7 Å². The normalized spacial score (nSPS) is 9.79. The predicted octanol–water partition coefficient (Wildman–Crippen LogP) is 1.77. The van der Waals surface area contributed by atoms with Crippen molar-refractivity contribution in [2.75, 3.05) is 0 Å². The Morgan fingerprint density at radius 3 is 2.64 bits per heavy atom. The quantitative estimate of drug-likeness (QED) is 0.524. The number of hydrogen-bond acceptors (Lipinski definition) is 3. The number of nitrogens with zero attached hydrogens (tertiary/aromatic N) is 1. The van der Waals surface area contributed by atoms with Gasteiger partial charge in [-0.25, -0.2) is 4.79 Å². The van der Waals surface area contributed by atoms with Crippen LogP contribution in [0.4, 0.5) is 0 Å². The molecular formula is C8H6INO4. The fourth-order valence-electron chi connectivity index (χ4n) is 0.979. The Bertz CT molecular complexity index is 391. The molecule has 0 heterocycles. The lowest BCUT2D eigenvalue weighted by molar-refractivity contribution is -0.496. The molecule has 0 bridgehead atoms. The Kier molecular flexibility index (Phi) is 3.39. The van der Waals surface area contributed by atoms with E-state index in [1.54, 1.807) is 0 Å². The minimum atomic E-state index is -1.03. The van der Waals surface area contributed by atoms with Gasteiger partial charge in [0.1, 0.15) is 0 Å². The van der Waals surface area contributed by atoms with Crippen LogP contribution in [0.3, 0.4) is 0 Å². The summed E-state index contributed by atoms with van der Waals surface area (Å²) in [6.45, 7) is -0.282. The topological polar surface area (TPSA) is 80.4 Å². The molecule has 0 aromatic heterocycles. The second-order valence-corrected chi connectivity index (χ2v) is 3.77. The van der Waals surface area contributed by atoms with Gasteiger partial charge in [0.15, 0.2) is 0 Å². The smallest absolute Gasteiger partial charge is 0.336 e. The maximum Gasteiger partial charge on any atom is 0.336 e. The summed E-state index contributed by atoms with van der Waals surface area (Å²) in [7, 11) is 0. The number of aromatic carboxylic acids is 1. The molecule has 0 fully saturated rings. The molecule has 1 rings (SSSR count). The molecule has 0 amide bonds. The average Bonchev–Trinajstić information content (AvgIpc) is 2.01. The zero-order valence-corrected chi connectivity index (χ0v) is 9.09. The van der Waals surface area contributed by atoms with Gasteiger partial charge in [-0.3, -0.25) is 10.1 Å². The van der Waals surface area contributed by atoms with E-state index in [2.05, 4.69) is 0 Å². The van der Waals surface area contributed by atoms with E-state index in [4.69, 9.17) is 5.11 Å². The van der Waals surface area contributed by atoms with Crippen LogP contribution in [0.1, 0.15) is 15.9 Å². The number of carbonyl (C=O) groups is 1. The van der Waals surface area contributed by atoms with Crippen LogP contribution in [0.5, 0.6) is 0 Å². The van der Waals surface area contributed by atoms with Crippen molar-refractivity contribution < 1.29 is 14.8 Å². The van der Waals surface area contributed by atoms with Gasteiger partial charge in [-0.1, -0.05) is 6.07 Å². The van der Waals surface area contributed by atoms with Gasteiger partial charge in [-0.05, 0) is 34.7 Å². The maximum absolute atomic E-state index is 10.6. The summed E-state index contributed by atoms with van der Waals surface area (Å²) in [6.07, 6.45) is 0. The molecule has 0 saturated carbocycles. The Hall–Kier alpha value is -1.18. The molecule has 1 aromatic carbocycles. The van der Waals surface area contributed by atoms with Gasteiger partial charge in [0.2, 0.25) is 6.54 Å². The number of nitro groups is 1. The van der Waals surface area contributed by atoms with Crippen molar-refractivity contribution in [3.05, 3.63) is 43.0 Å². The molecule has 0 aliphatic heterocycles. The van der Waals surface area contributed by atoms with Crippen LogP contribution in [0.2, 0.25) is 0 Å². The number of carboxylic acids is 1. The van der Waals surface area contributed by atoms with Gasteiger partial charge in [-0.2, -0.15) is 0 Å². The van der Waals surface area contributed by atoms with Crippen LogP contribution in [-0.4, -0.2) is 16.0 Å². The number of hydrogen-bond donors (Lipinski definition) is 1. The summed E-state index contributed by atoms with van der Waals surface area (Å²) in [4.78, 5) is 20.3. The minimum absolute atomic E-state index is 0.165. The lowest BCUT2D eigenvalue weighted by Gasteiger charge is -2.00. The van der Waals surface area contributed by atoms with E-state index in [0.717, 1.165) is 0 Å². The van der Waals surface area contributed by atoms with E-state index in [1.807, 2.05) is 22.6 Å². The van der Waals surface area contributed by atoms with E-state index in [-0.39, 0.29) is 12.1 Å². The fourth-order valence-corrected chi connectivity index (χ4v) is 1.79. The third kappa shape index (κ3) is 2.66. The molecule has 1 aromatic rings. The van der Waals surface area contributed by atoms with Crippen molar-refractivity contribution in [1.82, 2.24) is 0 Å². The first-order valence-electron chi connectivity index (χ1n) is 3.64. The molecule has 0 spiro atoms. The van der Waals surface area contributed by atoms with Gasteiger partial charge in [0.25, 0.3) is 0 Å². The van der Waals surface area contributed by atoms with Gasteiger partial charge >= 0.3 is 5.97 Å². The van der Waals surface area contributed by atoms with E-state index in [1.165, 1.54) is 18.2 Å². The van der Waals surface area contributed by atoms with Crippen molar-refractivity contribution >= 4 is 28.6 Å². The summed E-state index contributed by atoms with van der Waals surface area (Å²) in [5.41, 5.74) is 0.669. The molecular weight excluding hydrogens is 301 g/mol. The molecule has 0 unspecified atom stereocenters. The standard InChI is InChI=1S/C8H6INO4/c9-7-3-5(4-10(13)14)1-2-6(7)8(11)12/h1-3H,4H2,(H,11,12). The van der Waals surface area contributed by atoms with Crippen LogP contribution in [-0.2, 0) is 6.54 Å². The second kappa shape index (κ2) is 4.36. The third-order valence-electron chi connectivity index (χ3n) is 1.58. The lowest BCUT2D eigenvalue weighted by atomic mass is 10.1. The van der Waals surface area contributed by atoms with Crippen molar-refractivity contribution in [3.8, 4) is 0 Å². The highest BCUT2D eigenvalue weighted by molar-refractivity contribution is 14.1. The highest BCUT2D eigenvalue weighted by Gasteiger charge is 2.10. The molecule has 0 aliphatic carbocycles. The Morgan fingerprint density at radius 1 is 1.57 bits per heavy atom. The first-order valence-corrected chi connectivity index (χ1v) is 4.72. The Morgan fingerprint density at radius 2 is 2.21 bits per heavy atom. The monoisotopic (exact) mass is 307 g/mol. The van der Waals surface area contributed by atoms with Crippen molar-refractivity contribution in [2.45, 2.75) is 6.54 Å². The fraction of sp³-hybridized carbons (Fsp3) is 0.125. The van der Waals surface area contributed by atoms with Gasteiger partial charge < -0.3 is 5.11 Å². The van der Waals surface area contributed by atoms with Gasteiger partial charge in [0, 0.05) is 14.1 Å². The molecule has 0 radical (unpaired) electrons. The largest absolute Gasteiger partial charge is 0.478 e. The van der Waals surface area contributed by atoms with Crippen LogP contribution in [0.15, 0.2) is 18.2 Å². The number of carboxylic acid groups (broad SMARTS) is 1. The molecule has 0 aliphatic rings. The second-order valence-electron chi connectivity index (χ2n) is 2.61. The van der Waals surface area contributed by atoms with Crippen LogP contribution in [0.25, 0.3) is 0 Å². The Balaban J connectivity index is 3.00. The van der Waals surface area contributed by atoms with Crippen molar-refractivity contribution in [1.29, 1.82) is 0 Å².